The van der Waals surface area contributed by atoms with Gasteiger partial charge in [-0.05, 0) is 41.2 Å². The number of carbonyl (C=O) groups is 1. The molecule has 168 valence electrons. The highest BCUT2D eigenvalue weighted by Crippen LogP contribution is 2.53. The van der Waals surface area contributed by atoms with Gasteiger partial charge in [0.2, 0.25) is 0 Å². The maximum absolute atomic E-state index is 15.3. The summed E-state index contributed by atoms with van der Waals surface area (Å²) >= 11 is 18.8. The van der Waals surface area contributed by atoms with Crippen molar-refractivity contribution in [1.29, 1.82) is 0 Å². The molecule has 1 aliphatic rings. The first-order chi connectivity index (χ1) is 14.4. The lowest BCUT2D eigenvalue weighted by Gasteiger charge is -2.42. The minimum absolute atomic E-state index is 0.0441. The molecule has 4 N–H and O–H groups in total. The first-order valence-corrected chi connectivity index (χ1v) is 11.1. The smallest absolute Gasteiger partial charge is 0.321 e. The quantitative estimate of drug-likeness (QED) is 0.511. The van der Waals surface area contributed by atoms with Gasteiger partial charge >= 0.3 is 5.97 Å². The van der Waals surface area contributed by atoms with Gasteiger partial charge in [-0.2, -0.15) is 0 Å². The van der Waals surface area contributed by atoms with Gasteiger partial charge in [-0.1, -0.05) is 73.8 Å². The molecule has 4 nitrogen and oxygen atoms in total. The molecule has 0 saturated carbocycles. The highest BCUT2D eigenvalue weighted by molar-refractivity contribution is 6.35. The second-order valence-electron chi connectivity index (χ2n) is 9.29. The molecule has 2 aromatic carbocycles. The Morgan fingerprint density at radius 2 is 1.87 bits per heavy atom. The van der Waals surface area contributed by atoms with Crippen LogP contribution in [0.3, 0.4) is 0 Å². The van der Waals surface area contributed by atoms with E-state index in [1.807, 2.05) is 0 Å². The van der Waals surface area contributed by atoms with Gasteiger partial charge in [0.15, 0.2) is 0 Å². The fourth-order valence-corrected chi connectivity index (χ4v) is 5.63. The average molecular weight is 488 g/mol. The van der Waals surface area contributed by atoms with Crippen LogP contribution in [0, 0.1) is 11.2 Å². The molecule has 0 aliphatic carbocycles. The molecule has 1 fully saturated rings. The topological polar surface area (TPSA) is 75.3 Å². The van der Waals surface area contributed by atoms with Crippen LogP contribution in [0.15, 0.2) is 36.4 Å². The van der Waals surface area contributed by atoms with Crippen LogP contribution in [-0.4, -0.2) is 29.7 Å². The van der Waals surface area contributed by atoms with Crippen molar-refractivity contribution in [3.63, 3.8) is 0 Å². The third kappa shape index (κ3) is 4.44. The van der Waals surface area contributed by atoms with Crippen molar-refractivity contribution >= 4 is 40.8 Å². The lowest BCUT2D eigenvalue weighted by Crippen LogP contribution is -2.50. The zero-order chi connectivity index (χ0) is 23.1. The van der Waals surface area contributed by atoms with Crippen molar-refractivity contribution in [2.24, 2.45) is 11.1 Å². The van der Waals surface area contributed by atoms with Crippen LogP contribution in [0.2, 0.25) is 15.1 Å². The largest absolute Gasteiger partial charge is 0.480 e. The summed E-state index contributed by atoms with van der Waals surface area (Å²) in [6.45, 7) is 6.22. The maximum Gasteiger partial charge on any atom is 0.321 e. The van der Waals surface area contributed by atoms with E-state index in [-0.39, 0.29) is 28.6 Å². The van der Waals surface area contributed by atoms with E-state index >= 15 is 4.39 Å². The predicted octanol–water partition coefficient (Wildman–Crippen LogP) is 5.63. The SMILES string of the molecule is CC(C)(C)C[C@H]1N[C@H](C(=O)O)[C@@H](c2cccc(Cl)c2F)[C@]1(CN)c1ccc(Cl)cc1Cl. The standard InChI is InChI=1S/C23H26Cl3FN2O2/c1-22(2,3)10-17-23(11-28,14-8-7-12(24)9-16(14)26)18(20(29-17)21(30)31)13-5-4-6-15(25)19(13)27/h4-9,17-18,20,29H,10-11,28H2,1-3H3,(H,30,31)/t17-,18-,20+,23-/m1/s1. The number of rotatable bonds is 5. The van der Waals surface area contributed by atoms with Gasteiger partial charge < -0.3 is 16.2 Å². The molecule has 1 aliphatic heterocycles. The molecule has 2 aromatic rings. The summed E-state index contributed by atoms with van der Waals surface area (Å²) in [5, 5.41) is 14.1. The molecule has 0 radical (unpaired) electrons. The Hall–Kier alpha value is -1.37. The highest BCUT2D eigenvalue weighted by atomic mass is 35.5. The van der Waals surface area contributed by atoms with Gasteiger partial charge in [0.25, 0.3) is 0 Å². The van der Waals surface area contributed by atoms with Crippen molar-refractivity contribution in [1.82, 2.24) is 5.32 Å². The van der Waals surface area contributed by atoms with E-state index in [0.717, 1.165) is 0 Å². The summed E-state index contributed by atoms with van der Waals surface area (Å²) in [6.07, 6.45) is 0.589. The molecule has 31 heavy (non-hydrogen) atoms. The number of carboxylic acids is 1. The first-order valence-electron chi connectivity index (χ1n) is 10.0. The van der Waals surface area contributed by atoms with Crippen molar-refractivity contribution in [3.05, 3.63) is 68.4 Å². The van der Waals surface area contributed by atoms with Crippen LogP contribution in [-0.2, 0) is 10.2 Å². The molecule has 0 spiro atoms. The Kier molecular flexibility index (Phi) is 6.95. The summed E-state index contributed by atoms with van der Waals surface area (Å²) in [5.74, 6) is -2.59. The molecule has 1 saturated heterocycles. The number of carboxylic acid groups (broad SMARTS) is 1. The Balaban J connectivity index is 2.36. The van der Waals surface area contributed by atoms with Crippen LogP contribution in [0.25, 0.3) is 0 Å². The predicted molar refractivity (Wildman–Crippen MR) is 124 cm³/mol. The van der Waals surface area contributed by atoms with Gasteiger partial charge in [0.1, 0.15) is 11.9 Å². The molecule has 4 atom stereocenters. The van der Waals surface area contributed by atoms with Crippen LogP contribution < -0.4 is 11.1 Å². The Morgan fingerprint density at radius 3 is 2.42 bits per heavy atom. The molecule has 1 heterocycles. The van der Waals surface area contributed by atoms with E-state index in [4.69, 9.17) is 40.5 Å². The summed E-state index contributed by atoms with van der Waals surface area (Å²) in [5.41, 5.74) is 6.07. The fourth-order valence-electron chi connectivity index (χ4n) is 4.86. The third-order valence-corrected chi connectivity index (χ3v) is 6.90. The minimum Gasteiger partial charge on any atom is -0.480 e. The van der Waals surface area contributed by atoms with Crippen LogP contribution >= 0.6 is 34.8 Å². The number of benzene rings is 2. The van der Waals surface area contributed by atoms with Crippen molar-refractivity contribution < 1.29 is 14.3 Å². The van der Waals surface area contributed by atoms with Crippen molar-refractivity contribution in [2.45, 2.75) is 50.6 Å². The zero-order valence-electron chi connectivity index (χ0n) is 17.6. The molecule has 0 bridgehead atoms. The number of halogens is 4. The highest BCUT2D eigenvalue weighted by Gasteiger charge is 2.59. The normalized spacial score (nSPS) is 26.3. The first kappa shape index (κ1) is 24.3. The number of nitrogens with two attached hydrogens (primary N) is 1. The van der Waals surface area contributed by atoms with Gasteiger partial charge in [-0.3, -0.25) is 4.79 Å². The van der Waals surface area contributed by atoms with Crippen LogP contribution in [0.1, 0.15) is 44.2 Å². The number of hydrogen-bond donors (Lipinski definition) is 3. The summed E-state index contributed by atoms with van der Waals surface area (Å²) < 4.78 is 15.3. The van der Waals surface area contributed by atoms with E-state index in [9.17, 15) is 9.90 Å². The fraction of sp³-hybridized carbons (Fsp3) is 0.435. The lowest BCUT2D eigenvalue weighted by atomic mass is 9.62. The lowest BCUT2D eigenvalue weighted by molar-refractivity contribution is -0.139. The summed E-state index contributed by atoms with van der Waals surface area (Å²) in [4.78, 5) is 12.4. The number of nitrogens with one attached hydrogen (secondary N) is 1. The molecule has 0 unspecified atom stereocenters. The summed E-state index contributed by atoms with van der Waals surface area (Å²) in [6, 6.07) is 8.19. The maximum atomic E-state index is 15.3. The van der Waals surface area contributed by atoms with E-state index in [2.05, 4.69) is 26.1 Å². The second kappa shape index (κ2) is 8.87. The van der Waals surface area contributed by atoms with Crippen LogP contribution in [0.5, 0.6) is 0 Å². The Morgan fingerprint density at radius 1 is 1.19 bits per heavy atom. The molecule has 0 aromatic heterocycles. The van der Waals surface area contributed by atoms with Crippen molar-refractivity contribution in [2.75, 3.05) is 6.54 Å². The Bertz CT molecular complexity index is 995. The van der Waals surface area contributed by atoms with Gasteiger partial charge in [-0.25, -0.2) is 4.39 Å². The van der Waals surface area contributed by atoms with Gasteiger partial charge in [-0.15, -0.1) is 0 Å². The summed E-state index contributed by atoms with van der Waals surface area (Å²) in [7, 11) is 0. The van der Waals surface area contributed by atoms with E-state index in [0.29, 0.717) is 22.0 Å². The van der Waals surface area contributed by atoms with Crippen molar-refractivity contribution in [3.8, 4) is 0 Å². The van der Waals surface area contributed by atoms with E-state index in [1.165, 1.54) is 6.07 Å². The molecule has 3 rings (SSSR count). The number of hydrogen-bond acceptors (Lipinski definition) is 3. The van der Waals surface area contributed by atoms with Gasteiger partial charge in [0.05, 0.1) is 5.02 Å². The van der Waals surface area contributed by atoms with E-state index in [1.54, 1.807) is 30.3 Å². The molecule has 0 amide bonds. The average Bonchev–Trinajstić information content (AvgIpc) is 2.97. The third-order valence-electron chi connectivity index (χ3n) is 6.06. The Labute approximate surface area is 196 Å². The molecular weight excluding hydrogens is 462 g/mol. The molecule has 8 heteroatoms. The van der Waals surface area contributed by atoms with E-state index < -0.39 is 29.2 Å². The minimum atomic E-state index is -1.09. The monoisotopic (exact) mass is 486 g/mol. The number of aliphatic carboxylic acids is 1. The van der Waals surface area contributed by atoms with Crippen LogP contribution in [0.4, 0.5) is 4.39 Å². The molecular formula is C23H26Cl3FN2O2. The van der Waals surface area contributed by atoms with Gasteiger partial charge in [0, 0.05) is 34.0 Å². The zero-order valence-corrected chi connectivity index (χ0v) is 19.8. The second-order valence-corrected chi connectivity index (χ2v) is 10.5.